The number of amides is 2. The van der Waals surface area contributed by atoms with Crippen LogP contribution in [-0.2, 0) is 16.1 Å². The molecule has 2 aromatic rings. The van der Waals surface area contributed by atoms with E-state index in [4.69, 9.17) is 0 Å². The van der Waals surface area contributed by atoms with Crippen LogP contribution in [0.4, 0.5) is 0 Å². The minimum Gasteiger partial charge on any atom is -0.347 e. The van der Waals surface area contributed by atoms with Crippen molar-refractivity contribution in [3.8, 4) is 0 Å². The molecule has 1 aromatic heterocycles. The van der Waals surface area contributed by atoms with Gasteiger partial charge in [0.1, 0.15) is 0 Å². The number of carbonyl (C=O) groups excluding carboxylic acids is 2. The van der Waals surface area contributed by atoms with Crippen molar-refractivity contribution in [3.63, 3.8) is 0 Å². The fourth-order valence-corrected chi connectivity index (χ4v) is 3.14. The average Bonchev–Trinajstić information content (AvgIpc) is 2.63. The molecule has 7 nitrogen and oxygen atoms in total. The second kappa shape index (κ2) is 9.38. The first-order valence-electron chi connectivity index (χ1n) is 8.53. The van der Waals surface area contributed by atoms with Crippen molar-refractivity contribution in [1.29, 1.82) is 0 Å². The highest BCUT2D eigenvalue weighted by Crippen LogP contribution is 2.18. The van der Waals surface area contributed by atoms with Crippen LogP contribution in [0.25, 0.3) is 10.9 Å². The second-order valence-electron chi connectivity index (χ2n) is 6.08. The van der Waals surface area contributed by atoms with Gasteiger partial charge in [0.25, 0.3) is 5.56 Å². The van der Waals surface area contributed by atoms with Gasteiger partial charge in [-0.05, 0) is 18.6 Å². The van der Waals surface area contributed by atoms with Gasteiger partial charge in [-0.1, -0.05) is 37.2 Å². The number of thioether (sulfide) groups is 1. The first-order chi connectivity index (χ1) is 12.4. The van der Waals surface area contributed by atoms with Gasteiger partial charge in [-0.2, -0.15) is 0 Å². The molecule has 0 saturated carbocycles. The number of aromatic nitrogens is 2. The zero-order valence-electron chi connectivity index (χ0n) is 15.3. The van der Waals surface area contributed by atoms with Crippen molar-refractivity contribution >= 4 is 34.5 Å². The van der Waals surface area contributed by atoms with Gasteiger partial charge in [0.2, 0.25) is 11.8 Å². The summed E-state index contributed by atoms with van der Waals surface area (Å²) < 4.78 is 1.63. The molecule has 0 unspecified atom stereocenters. The Morgan fingerprint density at radius 2 is 2.00 bits per heavy atom. The van der Waals surface area contributed by atoms with Crippen molar-refractivity contribution in [3.05, 3.63) is 34.6 Å². The number of fused-ring (bicyclic) bond motifs is 1. The fourth-order valence-electron chi connectivity index (χ4n) is 2.28. The van der Waals surface area contributed by atoms with Crippen molar-refractivity contribution in [2.24, 2.45) is 0 Å². The van der Waals surface area contributed by atoms with Gasteiger partial charge < -0.3 is 10.2 Å². The monoisotopic (exact) mass is 376 g/mol. The summed E-state index contributed by atoms with van der Waals surface area (Å²) in [5, 5.41) is 3.68. The average molecular weight is 376 g/mol. The molecule has 2 amide bonds. The van der Waals surface area contributed by atoms with E-state index in [1.807, 2.05) is 12.1 Å². The minimum atomic E-state index is -0.269. The maximum absolute atomic E-state index is 12.7. The van der Waals surface area contributed by atoms with E-state index in [2.05, 4.69) is 17.2 Å². The maximum Gasteiger partial charge on any atom is 0.262 e. The number of para-hydroxylation sites is 1. The Morgan fingerprint density at radius 1 is 1.27 bits per heavy atom. The van der Waals surface area contributed by atoms with E-state index in [-0.39, 0.29) is 29.7 Å². The highest BCUT2D eigenvalue weighted by molar-refractivity contribution is 7.99. The third-order valence-electron chi connectivity index (χ3n) is 3.83. The third-order valence-corrected chi connectivity index (χ3v) is 4.81. The number of carbonyl (C=O) groups is 2. The molecule has 0 bridgehead atoms. The second-order valence-corrected chi connectivity index (χ2v) is 7.02. The molecule has 0 saturated heterocycles. The summed E-state index contributed by atoms with van der Waals surface area (Å²) in [7, 11) is 3.27. The van der Waals surface area contributed by atoms with Crippen LogP contribution in [0, 0.1) is 0 Å². The number of likely N-dealkylation sites (N-methyl/N-ethyl adjacent to an activating group) is 1. The topological polar surface area (TPSA) is 84.3 Å². The first-order valence-corrected chi connectivity index (χ1v) is 9.51. The molecule has 26 heavy (non-hydrogen) atoms. The van der Waals surface area contributed by atoms with Crippen LogP contribution in [0.15, 0.2) is 34.2 Å². The van der Waals surface area contributed by atoms with Crippen LogP contribution in [0.2, 0.25) is 0 Å². The molecule has 140 valence electrons. The van der Waals surface area contributed by atoms with Gasteiger partial charge in [0.15, 0.2) is 5.16 Å². The van der Waals surface area contributed by atoms with Crippen LogP contribution in [0.5, 0.6) is 0 Å². The van der Waals surface area contributed by atoms with Crippen molar-refractivity contribution in [1.82, 2.24) is 19.8 Å². The molecule has 0 spiro atoms. The molecule has 0 aliphatic rings. The summed E-state index contributed by atoms with van der Waals surface area (Å²) in [6, 6.07) is 7.21. The number of nitrogens with zero attached hydrogens (tertiary/aromatic N) is 3. The summed E-state index contributed by atoms with van der Waals surface area (Å²) in [6.45, 7) is 2.58. The van der Waals surface area contributed by atoms with Gasteiger partial charge in [-0.25, -0.2) is 4.98 Å². The fraction of sp³-hybridized carbons (Fsp3) is 0.444. The van der Waals surface area contributed by atoms with Gasteiger partial charge in [-0.15, -0.1) is 0 Å². The zero-order chi connectivity index (χ0) is 19.1. The molecule has 0 aliphatic carbocycles. The van der Waals surface area contributed by atoms with E-state index in [1.165, 1.54) is 16.7 Å². The van der Waals surface area contributed by atoms with Crippen molar-refractivity contribution in [2.45, 2.75) is 31.5 Å². The van der Waals surface area contributed by atoms with Gasteiger partial charge >= 0.3 is 0 Å². The summed E-state index contributed by atoms with van der Waals surface area (Å²) in [5.74, 6) is -0.348. The normalized spacial score (nSPS) is 10.7. The molecule has 1 heterocycles. The Bertz CT molecular complexity index is 848. The number of nitrogens with one attached hydrogen (secondary N) is 1. The van der Waals surface area contributed by atoms with Gasteiger partial charge in [0, 0.05) is 20.6 Å². The molecular formula is C18H24N4O3S. The summed E-state index contributed by atoms with van der Waals surface area (Å²) in [4.78, 5) is 42.3. The summed E-state index contributed by atoms with van der Waals surface area (Å²) >= 11 is 1.21. The lowest BCUT2D eigenvalue weighted by atomic mass is 10.2. The Labute approximate surface area is 156 Å². The molecule has 0 aliphatic heterocycles. The standard InChI is InChI=1S/C18H24N4O3S/c1-4-5-10-22-17(25)13-8-6-7-9-14(13)20-18(22)26-12-15(23)19-11-16(24)21(2)3/h6-9H,4-5,10-12H2,1-3H3,(H,19,23). The first kappa shape index (κ1) is 20.0. The quantitative estimate of drug-likeness (QED) is 0.557. The van der Waals surface area contributed by atoms with E-state index < -0.39 is 0 Å². The zero-order valence-corrected chi connectivity index (χ0v) is 16.1. The minimum absolute atomic E-state index is 0.0415. The molecule has 0 fully saturated rings. The summed E-state index contributed by atoms with van der Waals surface area (Å²) in [5.41, 5.74) is 0.533. The third kappa shape index (κ3) is 5.08. The SMILES string of the molecule is CCCCn1c(SCC(=O)NCC(=O)N(C)C)nc2ccccc2c1=O. The predicted octanol–water partition coefficient (Wildman–Crippen LogP) is 1.49. The van der Waals surface area contributed by atoms with Gasteiger partial charge in [-0.3, -0.25) is 19.0 Å². The summed E-state index contributed by atoms with van der Waals surface area (Å²) in [6.07, 6.45) is 1.81. The van der Waals surface area contributed by atoms with Gasteiger partial charge in [0.05, 0.1) is 23.2 Å². The number of hydrogen-bond donors (Lipinski definition) is 1. The Morgan fingerprint density at radius 3 is 2.69 bits per heavy atom. The van der Waals surface area contributed by atoms with Crippen molar-refractivity contribution < 1.29 is 9.59 Å². The lowest BCUT2D eigenvalue weighted by Crippen LogP contribution is -2.37. The van der Waals surface area contributed by atoms with Crippen LogP contribution in [-0.4, -0.2) is 52.7 Å². The van der Waals surface area contributed by atoms with E-state index in [1.54, 1.807) is 30.8 Å². The van der Waals surface area contributed by atoms with E-state index in [0.717, 1.165) is 12.8 Å². The van der Waals surface area contributed by atoms with Crippen LogP contribution >= 0.6 is 11.8 Å². The highest BCUT2D eigenvalue weighted by atomic mass is 32.2. The lowest BCUT2D eigenvalue weighted by Gasteiger charge is -2.13. The number of benzene rings is 1. The number of unbranched alkanes of at least 4 members (excludes halogenated alkanes) is 1. The van der Waals surface area contributed by atoms with Crippen molar-refractivity contribution in [2.75, 3.05) is 26.4 Å². The molecule has 1 N–H and O–H groups in total. The van der Waals surface area contributed by atoms with E-state index in [0.29, 0.717) is 22.6 Å². The van der Waals surface area contributed by atoms with Crippen LogP contribution < -0.4 is 10.9 Å². The smallest absolute Gasteiger partial charge is 0.262 e. The molecule has 1 aromatic carbocycles. The molecule has 0 atom stereocenters. The Balaban J connectivity index is 2.15. The molecule has 0 radical (unpaired) electrons. The molecule has 2 rings (SSSR count). The Hall–Kier alpha value is -2.35. The van der Waals surface area contributed by atoms with Crippen LogP contribution in [0.3, 0.4) is 0 Å². The lowest BCUT2D eigenvalue weighted by molar-refractivity contribution is -0.130. The maximum atomic E-state index is 12.7. The Kier molecular flexibility index (Phi) is 7.20. The number of hydrogen-bond acceptors (Lipinski definition) is 5. The molecule has 8 heteroatoms. The predicted molar refractivity (Wildman–Crippen MR) is 103 cm³/mol. The largest absolute Gasteiger partial charge is 0.347 e. The highest BCUT2D eigenvalue weighted by Gasteiger charge is 2.13. The molecular weight excluding hydrogens is 352 g/mol. The van der Waals surface area contributed by atoms with E-state index in [9.17, 15) is 14.4 Å². The van der Waals surface area contributed by atoms with E-state index >= 15 is 0 Å². The number of rotatable bonds is 8. The van der Waals surface area contributed by atoms with Crippen LogP contribution in [0.1, 0.15) is 19.8 Å².